The minimum Gasteiger partial charge on any atom is -0.358 e. The van der Waals surface area contributed by atoms with Gasteiger partial charge in [-0.15, -0.1) is 11.8 Å². The minimum atomic E-state index is 0.127. The number of benzene rings is 2. The van der Waals surface area contributed by atoms with Gasteiger partial charge < -0.3 is 4.74 Å². The molecule has 1 saturated heterocycles. The van der Waals surface area contributed by atoms with E-state index in [1.54, 1.807) is 0 Å². The van der Waals surface area contributed by atoms with Gasteiger partial charge in [-0.25, -0.2) is 0 Å². The van der Waals surface area contributed by atoms with Crippen LogP contribution in [-0.2, 0) is 9.48 Å². The lowest BCUT2D eigenvalue weighted by molar-refractivity contribution is 0.0187. The van der Waals surface area contributed by atoms with E-state index < -0.39 is 0 Å². The van der Waals surface area contributed by atoms with Gasteiger partial charge in [0.05, 0.1) is 10.9 Å². The second-order valence-corrected chi connectivity index (χ2v) is 8.09. The molecule has 1 nitrogen and oxygen atoms in total. The van der Waals surface area contributed by atoms with Crippen molar-refractivity contribution in [1.82, 2.24) is 0 Å². The van der Waals surface area contributed by atoms with Gasteiger partial charge in [-0.2, -0.15) is 0 Å². The molecule has 0 N–H and O–H groups in total. The second-order valence-electron chi connectivity index (χ2n) is 6.69. The molecule has 0 amide bonds. The Morgan fingerprint density at radius 3 is 2.30 bits per heavy atom. The lowest BCUT2D eigenvalue weighted by atomic mass is 9.82. The van der Waals surface area contributed by atoms with Crippen molar-refractivity contribution in [1.29, 1.82) is 0 Å². The molecule has 2 aromatic rings. The lowest BCUT2D eigenvalue weighted by Crippen LogP contribution is -2.34. The van der Waals surface area contributed by atoms with Crippen LogP contribution in [0.15, 0.2) is 60.7 Å². The SMILES string of the molecule is c1ccc([C@@H]2O[C@@H]3CCCCCC[C@@]3(c3ccccc3)S2)cc1. The maximum absolute atomic E-state index is 6.61. The summed E-state index contributed by atoms with van der Waals surface area (Å²) in [6.45, 7) is 0. The Morgan fingerprint density at radius 1 is 0.826 bits per heavy atom. The zero-order valence-corrected chi connectivity index (χ0v) is 14.3. The molecule has 0 unspecified atom stereocenters. The Labute approximate surface area is 143 Å². The fourth-order valence-corrected chi connectivity index (χ4v) is 5.75. The monoisotopic (exact) mass is 324 g/mol. The van der Waals surface area contributed by atoms with Gasteiger partial charge in [-0.3, -0.25) is 0 Å². The van der Waals surface area contributed by atoms with E-state index in [0.29, 0.717) is 6.10 Å². The quantitative estimate of drug-likeness (QED) is 0.663. The van der Waals surface area contributed by atoms with E-state index in [1.807, 2.05) is 11.8 Å². The van der Waals surface area contributed by atoms with Crippen molar-refractivity contribution < 1.29 is 4.74 Å². The fraction of sp³-hybridized carbons (Fsp3) is 0.429. The second kappa shape index (κ2) is 6.70. The van der Waals surface area contributed by atoms with Crippen LogP contribution in [0, 0.1) is 0 Å². The third-order valence-corrected chi connectivity index (χ3v) is 6.94. The van der Waals surface area contributed by atoms with Gasteiger partial charge in [-0.05, 0) is 24.0 Å². The molecular weight excluding hydrogens is 300 g/mol. The Bertz CT molecular complexity index is 627. The van der Waals surface area contributed by atoms with E-state index in [1.165, 1.54) is 49.7 Å². The highest BCUT2D eigenvalue weighted by atomic mass is 32.2. The van der Waals surface area contributed by atoms with Gasteiger partial charge in [0.25, 0.3) is 0 Å². The first-order valence-electron chi connectivity index (χ1n) is 8.82. The molecule has 2 aliphatic rings. The summed E-state index contributed by atoms with van der Waals surface area (Å²) in [6.07, 6.45) is 8.06. The van der Waals surface area contributed by atoms with E-state index in [4.69, 9.17) is 4.74 Å². The number of rotatable bonds is 2. The van der Waals surface area contributed by atoms with E-state index >= 15 is 0 Å². The van der Waals surface area contributed by atoms with Crippen molar-refractivity contribution in [3.05, 3.63) is 71.8 Å². The standard InChI is InChI=1S/C21H24OS/c1-2-10-16-21(18-13-7-4-8-14-18)19(15-9-1)22-20(23-21)17-11-5-3-6-12-17/h3-8,11-14,19-20H,1-2,9-10,15-16H2/t19-,20-,21+/m1/s1. The van der Waals surface area contributed by atoms with Crippen LogP contribution >= 0.6 is 11.8 Å². The Hall–Kier alpha value is -1.25. The van der Waals surface area contributed by atoms with Crippen LogP contribution in [0.2, 0.25) is 0 Å². The summed E-state index contributed by atoms with van der Waals surface area (Å²) in [5, 5.41) is 0. The zero-order valence-electron chi connectivity index (χ0n) is 13.5. The lowest BCUT2D eigenvalue weighted by Gasteiger charge is -2.35. The topological polar surface area (TPSA) is 9.23 Å². The number of ether oxygens (including phenoxy) is 1. The van der Waals surface area contributed by atoms with Crippen molar-refractivity contribution >= 4 is 11.8 Å². The van der Waals surface area contributed by atoms with E-state index in [-0.39, 0.29) is 10.2 Å². The van der Waals surface area contributed by atoms with Gasteiger partial charge in [0.1, 0.15) is 5.44 Å². The Kier molecular flexibility index (Phi) is 4.46. The molecule has 0 radical (unpaired) electrons. The minimum absolute atomic E-state index is 0.127. The molecule has 1 heterocycles. The largest absolute Gasteiger partial charge is 0.358 e. The van der Waals surface area contributed by atoms with Gasteiger partial charge in [0.2, 0.25) is 0 Å². The number of thioether (sulfide) groups is 1. The van der Waals surface area contributed by atoms with Crippen molar-refractivity contribution in [2.24, 2.45) is 0 Å². The molecule has 2 fully saturated rings. The van der Waals surface area contributed by atoms with Crippen molar-refractivity contribution in [3.63, 3.8) is 0 Å². The molecule has 1 saturated carbocycles. The molecular formula is C21H24OS. The van der Waals surface area contributed by atoms with Crippen LogP contribution in [0.1, 0.15) is 55.1 Å². The number of hydrogen-bond acceptors (Lipinski definition) is 2. The molecule has 2 aromatic carbocycles. The Balaban J connectivity index is 1.71. The van der Waals surface area contributed by atoms with Crippen LogP contribution in [0.5, 0.6) is 0 Å². The highest BCUT2D eigenvalue weighted by molar-refractivity contribution is 8.00. The van der Waals surface area contributed by atoms with Gasteiger partial charge in [0.15, 0.2) is 0 Å². The summed E-state index contributed by atoms with van der Waals surface area (Å²) >= 11 is 2.05. The maximum Gasteiger partial charge on any atom is 0.129 e. The number of hydrogen-bond donors (Lipinski definition) is 0. The first-order valence-corrected chi connectivity index (χ1v) is 9.70. The third-order valence-electron chi connectivity index (χ3n) is 5.22. The van der Waals surface area contributed by atoms with Crippen molar-refractivity contribution in [2.45, 2.75) is 54.8 Å². The van der Waals surface area contributed by atoms with E-state index in [0.717, 1.165) is 0 Å². The first kappa shape index (κ1) is 15.3. The van der Waals surface area contributed by atoms with Crippen LogP contribution in [0.25, 0.3) is 0 Å². The van der Waals surface area contributed by atoms with Gasteiger partial charge >= 0.3 is 0 Å². The van der Waals surface area contributed by atoms with Crippen LogP contribution in [-0.4, -0.2) is 6.10 Å². The summed E-state index contributed by atoms with van der Waals surface area (Å²) in [7, 11) is 0. The molecule has 1 aliphatic carbocycles. The predicted octanol–water partition coefficient (Wildman–Crippen LogP) is 6.07. The summed E-state index contributed by atoms with van der Waals surface area (Å²) in [5.41, 5.74) is 2.93. The maximum atomic E-state index is 6.61. The Morgan fingerprint density at radius 2 is 1.52 bits per heavy atom. The average molecular weight is 324 g/mol. The van der Waals surface area contributed by atoms with E-state index in [9.17, 15) is 0 Å². The first-order chi connectivity index (χ1) is 11.4. The summed E-state index contributed by atoms with van der Waals surface area (Å²) in [5.74, 6) is 0. The van der Waals surface area contributed by atoms with Crippen LogP contribution in [0.4, 0.5) is 0 Å². The smallest absolute Gasteiger partial charge is 0.129 e. The molecule has 120 valence electrons. The third kappa shape index (κ3) is 2.95. The van der Waals surface area contributed by atoms with Crippen molar-refractivity contribution in [3.8, 4) is 0 Å². The summed E-state index contributed by atoms with van der Waals surface area (Å²) in [4.78, 5) is 0. The predicted molar refractivity (Wildman–Crippen MR) is 97.5 cm³/mol. The van der Waals surface area contributed by atoms with E-state index in [2.05, 4.69) is 60.7 Å². The number of fused-ring (bicyclic) bond motifs is 1. The molecule has 0 spiro atoms. The molecule has 2 heteroatoms. The average Bonchev–Trinajstić information content (AvgIpc) is 2.96. The summed E-state index contributed by atoms with van der Waals surface area (Å²) in [6, 6.07) is 21.8. The van der Waals surface area contributed by atoms with Gasteiger partial charge in [-0.1, -0.05) is 86.3 Å². The van der Waals surface area contributed by atoms with Crippen molar-refractivity contribution in [2.75, 3.05) is 0 Å². The zero-order chi connectivity index (χ0) is 15.5. The van der Waals surface area contributed by atoms with Crippen LogP contribution < -0.4 is 0 Å². The van der Waals surface area contributed by atoms with Crippen LogP contribution in [0.3, 0.4) is 0 Å². The highest BCUT2D eigenvalue weighted by Gasteiger charge is 2.50. The summed E-state index contributed by atoms with van der Waals surface area (Å²) < 4.78 is 6.73. The normalized spacial score (nSPS) is 31.1. The molecule has 0 aromatic heterocycles. The van der Waals surface area contributed by atoms with Gasteiger partial charge in [0, 0.05) is 0 Å². The molecule has 3 atom stereocenters. The fourth-order valence-electron chi connectivity index (χ4n) is 4.02. The molecule has 0 bridgehead atoms. The highest BCUT2D eigenvalue weighted by Crippen LogP contribution is 2.60. The molecule has 1 aliphatic heterocycles. The molecule has 23 heavy (non-hydrogen) atoms. The molecule has 4 rings (SSSR count).